The molecule has 0 fully saturated rings. The van der Waals surface area contributed by atoms with Crippen LogP contribution in [0.1, 0.15) is 27.8 Å². The minimum absolute atomic E-state index is 1.06. The first kappa shape index (κ1) is 24.0. The second-order valence-electron chi connectivity index (χ2n) is 9.16. The van der Waals surface area contributed by atoms with Crippen molar-refractivity contribution in [2.45, 2.75) is 6.92 Å². The van der Waals surface area contributed by atoms with Gasteiger partial charge in [0.25, 0.3) is 0 Å². The van der Waals surface area contributed by atoms with Crippen molar-refractivity contribution in [1.29, 1.82) is 0 Å². The van der Waals surface area contributed by atoms with E-state index in [4.69, 9.17) is 0 Å². The van der Waals surface area contributed by atoms with Crippen LogP contribution in [0.25, 0.3) is 68.5 Å². The summed E-state index contributed by atoms with van der Waals surface area (Å²) in [4.78, 5) is 0. The van der Waals surface area contributed by atoms with E-state index in [0.717, 1.165) is 44.5 Å². The molecule has 0 aliphatic carbocycles. The average molecular weight is 475 g/mol. The van der Waals surface area contributed by atoms with Gasteiger partial charge in [0.05, 0.1) is 0 Å². The smallest absolute Gasteiger partial charge is 0.00203 e. The Morgan fingerprint density at radius 3 is 1.59 bits per heavy atom. The predicted molar refractivity (Wildman–Crippen MR) is 165 cm³/mol. The fourth-order valence-corrected chi connectivity index (χ4v) is 5.47. The van der Waals surface area contributed by atoms with E-state index in [1.165, 1.54) is 27.5 Å². The van der Waals surface area contributed by atoms with Crippen LogP contribution in [0.5, 0.6) is 0 Å². The van der Waals surface area contributed by atoms with Crippen molar-refractivity contribution < 1.29 is 0 Å². The Morgan fingerprint density at radius 1 is 0.459 bits per heavy atom. The summed E-state index contributed by atoms with van der Waals surface area (Å²) in [5, 5.41) is 2.35. The highest BCUT2D eigenvalue weighted by atomic mass is 14.2. The van der Waals surface area contributed by atoms with E-state index < -0.39 is 0 Å². The quantitative estimate of drug-likeness (QED) is 0.220. The second-order valence-corrected chi connectivity index (χ2v) is 9.16. The molecule has 0 nitrogen and oxygen atoms in total. The molecule has 0 amide bonds. The van der Waals surface area contributed by atoms with Gasteiger partial charge in [-0.3, -0.25) is 0 Å². The lowest BCUT2D eigenvalue weighted by Crippen LogP contribution is -1.99. The van der Waals surface area contributed by atoms with Crippen LogP contribution in [0.3, 0.4) is 0 Å². The van der Waals surface area contributed by atoms with E-state index in [1.54, 1.807) is 0 Å². The van der Waals surface area contributed by atoms with Crippen molar-refractivity contribution in [2.75, 3.05) is 0 Å². The largest absolute Gasteiger partial charge is 0.0984 e. The summed E-state index contributed by atoms with van der Waals surface area (Å²) in [5.74, 6) is 0. The van der Waals surface area contributed by atoms with E-state index in [-0.39, 0.29) is 0 Å². The highest BCUT2D eigenvalue weighted by molar-refractivity contribution is 6.12. The Bertz CT molecular complexity index is 1680. The van der Waals surface area contributed by atoms with Gasteiger partial charge in [-0.05, 0) is 73.3 Å². The molecule has 0 atom stereocenters. The molecule has 0 heteroatoms. The third-order valence-electron chi connectivity index (χ3n) is 7.06. The molecule has 0 N–H and O–H groups in total. The molecule has 5 rings (SSSR count). The molecular formula is C37H30. The Kier molecular flexibility index (Phi) is 6.58. The predicted octanol–water partition coefficient (Wildman–Crippen LogP) is 10.7. The molecule has 0 unspecified atom stereocenters. The van der Waals surface area contributed by atoms with Crippen molar-refractivity contribution in [3.63, 3.8) is 0 Å². The molecule has 0 heterocycles. The maximum atomic E-state index is 4.25. The molecule has 178 valence electrons. The second kappa shape index (κ2) is 10.1. The van der Waals surface area contributed by atoms with Crippen LogP contribution >= 0.6 is 0 Å². The zero-order chi connectivity index (χ0) is 25.9. The topological polar surface area (TPSA) is 0 Å². The summed E-state index contributed by atoms with van der Waals surface area (Å²) in [7, 11) is 0. The maximum Gasteiger partial charge on any atom is -0.00203 e. The average Bonchev–Trinajstić information content (AvgIpc) is 2.95. The third-order valence-corrected chi connectivity index (χ3v) is 7.06. The van der Waals surface area contributed by atoms with Crippen LogP contribution in [0.2, 0.25) is 0 Å². The van der Waals surface area contributed by atoms with Gasteiger partial charge in [0.2, 0.25) is 0 Å². The first-order valence-electron chi connectivity index (χ1n) is 12.5. The summed E-state index contributed by atoms with van der Waals surface area (Å²) < 4.78 is 0. The molecule has 0 aromatic heterocycles. The van der Waals surface area contributed by atoms with Crippen molar-refractivity contribution >= 4 is 35.1 Å². The number of hydrogen-bond acceptors (Lipinski definition) is 0. The van der Waals surface area contributed by atoms with Crippen molar-refractivity contribution in [3.8, 4) is 33.4 Å². The van der Waals surface area contributed by atoms with Crippen molar-refractivity contribution in [2.24, 2.45) is 0 Å². The summed E-state index contributed by atoms with van der Waals surface area (Å²) in [6, 6.07) is 32.1. The number of benzene rings is 5. The van der Waals surface area contributed by atoms with E-state index in [2.05, 4.69) is 118 Å². The summed E-state index contributed by atoms with van der Waals surface area (Å²) in [5.41, 5.74) is 12.4. The molecule has 0 aliphatic heterocycles. The van der Waals surface area contributed by atoms with Gasteiger partial charge in [-0.2, -0.15) is 0 Å². The normalized spacial score (nSPS) is 10.7. The van der Waals surface area contributed by atoms with Crippen LogP contribution in [0, 0.1) is 6.92 Å². The van der Waals surface area contributed by atoms with Crippen LogP contribution < -0.4 is 0 Å². The van der Waals surface area contributed by atoms with Gasteiger partial charge >= 0.3 is 0 Å². The molecule has 0 saturated heterocycles. The SMILES string of the molecule is C=Cc1c(-c2cccc(C)c2)ccc(-c2c(C=C)c(C=C)c(-c3ccccc3)c3ccccc23)c1C=C. The monoisotopic (exact) mass is 474 g/mol. The summed E-state index contributed by atoms with van der Waals surface area (Å²) in [6.07, 6.45) is 7.81. The maximum absolute atomic E-state index is 4.25. The number of hydrogen-bond donors (Lipinski definition) is 0. The van der Waals surface area contributed by atoms with E-state index >= 15 is 0 Å². The number of rotatable bonds is 7. The molecule has 0 bridgehead atoms. The van der Waals surface area contributed by atoms with Crippen molar-refractivity contribution in [1.82, 2.24) is 0 Å². The molecular weight excluding hydrogens is 444 g/mol. The van der Waals surface area contributed by atoms with Crippen LogP contribution in [-0.4, -0.2) is 0 Å². The zero-order valence-electron chi connectivity index (χ0n) is 21.3. The van der Waals surface area contributed by atoms with Gasteiger partial charge in [-0.25, -0.2) is 0 Å². The highest BCUT2D eigenvalue weighted by Crippen LogP contribution is 2.45. The lowest BCUT2D eigenvalue weighted by Gasteiger charge is -2.22. The molecule has 0 radical (unpaired) electrons. The molecule has 0 saturated carbocycles. The highest BCUT2D eigenvalue weighted by Gasteiger charge is 2.21. The molecule has 0 spiro atoms. The van der Waals surface area contributed by atoms with E-state index in [0.29, 0.717) is 0 Å². The first-order valence-corrected chi connectivity index (χ1v) is 12.5. The summed E-state index contributed by atoms with van der Waals surface area (Å²) >= 11 is 0. The molecule has 0 aliphatic rings. The van der Waals surface area contributed by atoms with Crippen LogP contribution in [0.4, 0.5) is 0 Å². The fourth-order valence-electron chi connectivity index (χ4n) is 5.47. The van der Waals surface area contributed by atoms with Crippen LogP contribution in [0.15, 0.2) is 117 Å². The third kappa shape index (κ3) is 4.07. The zero-order valence-corrected chi connectivity index (χ0v) is 21.3. The first-order chi connectivity index (χ1) is 18.1. The standard InChI is InChI=1S/C37H30/c1-6-28-29(7-2)35(23-22-32(28)27-19-15-16-25(5)24-27)37-31(9-4)30(8-3)36(26-17-11-10-12-18-26)33-20-13-14-21-34(33)37/h6-24H,1-4H2,5H3. The van der Waals surface area contributed by atoms with Gasteiger partial charge in [-0.15, -0.1) is 0 Å². The number of aryl methyl sites for hydroxylation is 1. The number of fused-ring (bicyclic) bond motifs is 1. The summed E-state index contributed by atoms with van der Waals surface area (Å²) in [6.45, 7) is 19.0. The Labute approximate surface area is 220 Å². The van der Waals surface area contributed by atoms with Crippen molar-refractivity contribution in [3.05, 3.63) is 145 Å². The fraction of sp³-hybridized carbons (Fsp3) is 0.0270. The Morgan fingerprint density at radius 2 is 0.973 bits per heavy atom. The minimum atomic E-state index is 1.06. The Balaban J connectivity index is 1.91. The van der Waals surface area contributed by atoms with Gasteiger partial charge in [0.15, 0.2) is 0 Å². The Hall–Kier alpha value is -4.68. The van der Waals surface area contributed by atoms with E-state index in [9.17, 15) is 0 Å². The minimum Gasteiger partial charge on any atom is -0.0984 e. The molecule has 5 aromatic rings. The molecule has 5 aromatic carbocycles. The van der Waals surface area contributed by atoms with Gasteiger partial charge in [0.1, 0.15) is 0 Å². The van der Waals surface area contributed by atoms with Crippen LogP contribution in [-0.2, 0) is 0 Å². The molecule has 37 heavy (non-hydrogen) atoms. The van der Waals surface area contributed by atoms with Gasteiger partial charge in [-0.1, -0.05) is 147 Å². The lowest BCUT2D eigenvalue weighted by atomic mass is 9.80. The van der Waals surface area contributed by atoms with Gasteiger partial charge in [0, 0.05) is 0 Å². The lowest BCUT2D eigenvalue weighted by molar-refractivity contribution is 1.46. The van der Waals surface area contributed by atoms with E-state index in [1.807, 2.05) is 30.4 Å². The van der Waals surface area contributed by atoms with Gasteiger partial charge < -0.3 is 0 Å².